The first-order valence-electron chi connectivity index (χ1n) is 9.30. The molecule has 0 N–H and O–H groups in total. The van der Waals surface area contributed by atoms with E-state index in [1.54, 1.807) is 4.90 Å². The minimum atomic E-state index is -0.188. The Labute approximate surface area is 165 Å². The lowest BCUT2D eigenvalue weighted by atomic mass is 10.1. The highest BCUT2D eigenvalue weighted by Gasteiger charge is 2.31. The Morgan fingerprint density at radius 3 is 2.63 bits per heavy atom. The van der Waals surface area contributed by atoms with E-state index < -0.39 is 0 Å². The fraction of sp³-hybridized carbons (Fsp3) is 0.450. The summed E-state index contributed by atoms with van der Waals surface area (Å²) in [7, 11) is 0. The zero-order valence-electron chi connectivity index (χ0n) is 15.9. The molecule has 1 fully saturated rings. The van der Waals surface area contributed by atoms with Gasteiger partial charge in [-0.25, -0.2) is 9.97 Å². The lowest BCUT2D eigenvalue weighted by Gasteiger charge is -2.37. The van der Waals surface area contributed by atoms with Crippen LogP contribution in [-0.4, -0.2) is 53.1 Å². The fourth-order valence-corrected chi connectivity index (χ4v) is 3.46. The van der Waals surface area contributed by atoms with Crippen LogP contribution in [0.5, 0.6) is 0 Å². The SMILES string of the molecule is CCN(CC)c1ncc(Cl)c(C(=O)N2CC(C)OC(c3ccccc3)C2)n1. The molecule has 1 aromatic heterocycles. The predicted octanol–water partition coefficient (Wildman–Crippen LogP) is 3.58. The minimum absolute atomic E-state index is 0.0734. The van der Waals surface area contributed by atoms with Gasteiger partial charge in [-0.05, 0) is 26.3 Å². The molecule has 2 heterocycles. The standard InChI is InChI=1S/C20H25ClN4O2/c1-4-24(5-2)20-22-11-16(21)18(23-20)19(26)25-12-14(3)27-17(13-25)15-9-7-6-8-10-15/h6-11,14,17H,4-5,12-13H2,1-3H3. The van der Waals surface area contributed by atoms with Gasteiger partial charge >= 0.3 is 0 Å². The van der Waals surface area contributed by atoms with Crippen LogP contribution in [0, 0.1) is 0 Å². The van der Waals surface area contributed by atoms with Crippen LogP contribution in [0.15, 0.2) is 36.5 Å². The Kier molecular flexibility index (Phi) is 6.29. The summed E-state index contributed by atoms with van der Waals surface area (Å²) in [5, 5.41) is 0.270. The van der Waals surface area contributed by atoms with Crippen molar-refractivity contribution in [1.29, 1.82) is 0 Å². The molecule has 0 aliphatic carbocycles. The van der Waals surface area contributed by atoms with Crippen molar-refractivity contribution >= 4 is 23.5 Å². The van der Waals surface area contributed by atoms with E-state index in [1.165, 1.54) is 6.20 Å². The van der Waals surface area contributed by atoms with Crippen molar-refractivity contribution in [2.45, 2.75) is 33.0 Å². The van der Waals surface area contributed by atoms with Crippen molar-refractivity contribution in [1.82, 2.24) is 14.9 Å². The van der Waals surface area contributed by atoms with Crippen molar-refractivity contribution in [2.24, 2.45) is 0 Å². The number of hydrogen-bond donors (Lipinski definition) is 0. The number of hydrogen-bond acceptors (Lipinski definition) is 5. The molecule has 2 unspecified atom stereocenters. The molecular weight excluding hydrogens is 364 g/mol. The Hall–Kier alpha value is -2.18. The number of anilines is 1. The van der Waals surface area contributed by atoms with Gasteiger partial charge in [-0.15, -0.1) is 0 Å². The fourth-order valence-electron chi connectivity index (χ4n) is 3.29. The molecule has 2 atom stereocenters. The van der Waals surface area contributed by atoms with Crippen LogP contribution in [0.3, 0.4) is 0 Å². The van der Waals surface area contributed by atoms with Gasteiger partial charge in [-0.2, -0.15) is 0 Å². The first kappa shape index (κ1) is 19.6. The van der Waals surface area contributed by atoms with Gasteiger partial charge in [0.15, 0.2) is 5.69 Å². The van der Waals surface area contributed by atoms with Gasteiger partial charge in [-0.3, -0.25) is 4.79 Å². The van der Waals surface area contributed by atoms with Crippen molar-refractivity contribution in [3.63, 3.8) is 0 Å². The molecule has 1 aliphatic heterocycles. The number of nitrogens with zero attached hydrogens (tertiary/aromatic N) is 4. The van der Waals surface area contributed by atoms with Gasteiger partial charge in [0.2, 0.25) is 5.95 Å². The molecular formula is C20H25ClN4O2. The second-order valence-corrected chi connectivity index (χ2v) is 7.00. The number of aromatic nitrogens is 2. The van der Waals surface area contributed by atoms with Gasteiger partial charge in [0.05, 0.1) is 23.9 Å². The number of amides is 1. The summed E-state index contributed by atoms with van der Waals surface area (Å²) in [5.74, 6) is 0.334. The Balaban J connectivity index is 1.85. The normalized spacial score (nSPS) is 19.8. The maximum absolute atomic E-state index is 13.2. The molecule has 1 aromatic carbocycles. The Morgan fingerprint density at radius 1 is 1.26 bits per heavy atom. The lowest BCUT2D eigenvalue weighted by molar-refractivity contribution is -0.0692. The number of carbonyl (C=O) groups is 1. The highest BCUT2D eigenvalue weighted by atomic mass is 35.5. The zero-order chi connectivity index (χ0) is 19.4. The summed E-state index contributed by atoms with van der Waals surface area (Å²) in [6.07, 6.45) is 1.27. The first-order valence-corrected chi connectivity index (χ1v) is 9.68. The van der Waals surface area contributed by atoms with Crippen LogP contribution in [0.1, 0.15) is 42.9 Å². The van der Waals surface area contributed by atoms with Crippen LogP contribution < -0.4 is 4.90 Å². The molecule has 1 amide bonds. The van der Waals surface area contributed by atoms with Crippen molar-refractivity contribution in [2.75, 3.05) is 31.1 Å². The van der Waals surface area contributed by atoms with E-state index >= 15 is 0 Å². The molecule has 3 rings (SSSR count). The van der Waals surface area contributed by atoms with Gasteiger partial charge in [0.25, 0.3) is 5.91 Å². The second kappa shape index (κ2) is 8.67. The Morgan fingerprint density at radius 2 is 1.96 bits per heavy atom. The van der Waals surface area contributed by atoms with Gasteiger partial charge < -0.3 is 14.5 Å². The summed E-state index contributed by atoms with van der Waals surface area (Å²) in [6, 6.07) is 9.95. The molecule has 7 heteroatoms. The van der Waals surface area contributed by atoms with Gasteiger partial charge in [0, 0.05) is 19.6 Å². The van der Waals surface area contributed by atoms with Crippen LogP contribution >= 0.6 is 11.6 Å². The van der Waals surface area contributed by atoms with E-state index in [0.717, 1.165) is 18.7 Å². The van der Waals surface area contributed by atoms with E-state index in [9.17, 15) is 4.79 Å². The third-order valence-electron chi connectivity index (χ3n) is 4.70. The van der Waals surface area contributed by atoms with Gasteiger partial charge in [-0.1, -0.05) is 41.9 Å². The largest absolute Gasteiger partial charge is 0.367 e. The van der Waals surface area contributed by atoms with Crippen LogP contribution in [0.25, 0.3) is 0 Å². The van der Waals surface area contributed by atoms with Crippen LogP contribution in [-0.2, 0) is 4.74 Å². The number of morpholine rings is 1. The summed E-state index contributed by atoms with van der Waals surface area (Å²) in [5.41, 5.74) is 1.30. The molecule has 27 heavy (non-hydrogen) atoms. The average molecular weight is 389 g/mol. The summed E-state index contributed by atoms with van der Waals surface area (Å²) in [6.45, 7) is 8.51. The smallest absolute Gasteiger partial charge is 0.274 e. The van der Waals surface area contributed by atoms with Crippen molar-refractivity contribution < 1.29 is 9.53 Å². The lowest BCUT2D eigenvalue weighted by Crippen LogP contribution is -2.46. The third kappa shape index (κ3) is 4.39. The number of rotatable bonds is 5. The van der Waals surface area contributed by atoms with Gasteiger partial charge in [0.1, 0.15) is 6.10 Å². The topological polar surface area (TPSA) is 58.6 Å². The summed E-state index contributed by atoms with van der Waals surface area (Å²) in [4.78, 5) is 25.7. The number of halogens is 1. The monoisotopic (exact) mass is 388 g/mol. The van der Waals surface area contributed by atoms with E-state index in [2.05, 4.69) is 9.97 Å². The quantitative estimate of drug-likeness (QED) is 0.783. The maximum atomic E-state index is 13.2. The minimum Gasteiger partial charge on any atom is -0.367 e. The van der Waals surface area contributed by atoms with Crippen molar-refractivity contribution in [3.05, 3.63) is 52.8 Å². The number of ether oxygens (including phenoxy) is 1. The highest BCUT2D eigenvalue weighted by Crippen LogP contribution is 2.27. The van der Waals surface area contributed by atoms with E-state index in [0.29, 0.717) is 19.0 Å². The number of carbonyl (C=O) groups excluding carboxylic acids is 1. The maximum Gasteiger partial charge on any atom is 0.274 e. The zero-order valence-corrected chi connectivity index (χ0v) is 16.7. The molecule has 1 aliphatic rings. The second-order valence-electron chi connectivity index (χ2n) is 6.59. The summed E-state index contributed by atoms with van der Waals surface area (Å²) >= 11 is 6.27. The molecule has 6 nitrogen and oxygen atoms in total. The molecule has 1 saturated heterocycles. The summed E-state index contributed by atoms with van der Waals surface area (Å²) < 4.78 is 6.05. The number of benzene rings is 1. The first-order chi connectivity index (χ1) is 13.0. The van der Waals surface area contributed by atoms with E-state index in [1.807, 2.05) is 56.0 Å². The Bertz CT molecular complexity index is 783. The van der Waals surface area contributed by atoms with E-state index in [4.69, 9.17) is 16.3 Å². The highest BCUT2D eigenvalue weighted by molar-refractivity contribution is 6.33. The average Bonchev–Trinajstić information content (AvgIpc) is 2.69. The molecule has 0 bridgehead atoms. The van der Waals surface area contributed by atoms with Crippen molar-refractivity contribution in [3.8, 4) is 0 Å². The van der Waals surface area contributed by atoms with Crippen LogP contribution in [0.4, 0.5) is 5.95 Å². The van der Waals surface area contributed by atoms with Crippen LogP contribution in [0.2, 0.25) is 5.02 Å². The molecule has 2 aromatic rings. The molecule has 0 spiro atoms. The van der Waals surface area contributed by atoms with E-state index in [-0.39, 0.29) is 28.8 Å². The molecule has 0 radical (unpaired) electrons. The predicted molar refractivity (Wildman–Crippen MR) is 106 cm³/mol. The third-order valence-corrected chi connectivity index (χ3v) is 4.98. The molecule has 0 saturated carbocycles. The molecule has 144 valence electrons.